The zero-order valence-electron chi connectivity index (χ0n) is 10.9. The molecule has 1 atom stereocenters. The maximum Gasteiger partial charge on any atom is 0.216 e. The number of aromatic nitrogens is 3. The van der Waals surface area contributed by atoms with Crippen LogP contribution in [0.15, 0.2) is 47.1 Å². The zero-order valence-corrected chi connectivity index (χ0v) is 10.9. The van der Waals surface area contributed by atoms with E-state index in [1.54, 1.807) is 25.5 Å². The molecule has 3 aromatic rings. The van der Waals surface area contributed by atoms with E-state index in [2.05, 4.69) is 15.2 Å². The van der Waals surface area contributed by atoms with Gasteiger partial charge in [-0.15, -0.1) is 5.10 Å². The number of aromatic amines is 1. The van der Waals surface area contributed by atoms with Crippen LogP contribution >= 0.6 is 0 Å². The normalized spacial score (nSPS) is 12.3. The number of nitrogens with two attached hydrogens (primary N) is 1. The van der Waals surface area contributed by atoms with Gasteiger partial charge >= 0.3 is 0 Å². The Hall–Kier alpha value is -2.60. The van der Waals surface area contributed by atoms with Crippen LogP contribution in [0.1, 0.15) is 17.4 Å². The van der Waals surface area contributed by atoms with Crippen LogP contribution in [0.2, 0.25) is 0 Å². The summed E-state index contributed by atoms with van der Waals surface area (Å²) in [6, 6.07) is 10.7. The molecule has 102 valence electrons. The standard InChI is InChI=1S/C14H14N4O2/c1-19-10-5-2-4-9(8-10)12(15)14-16-13(17-18-14)11-6-3-7-20-11/h2-8,12H,15H2,1H3,(H,16,17,18). The number of rotatable bonds is 4. The fourth-order valence-electron chi connectivity index (χ4n) is 1.92. The molecular formula is C14H14N4O2. The van der Waals surface area contributed by atoms with Gasteiger partial charge in [-0.1, -0.05) is 12.1 Å². The minimum absolute atomic E-state index is 0.402. The summed E-state index contributed by atoms with van der Waals surface area (Å²) in [4.78, 5) is 4.36. The molecule has 1 aromatic carbocycles. The molecule has 1 unspecified atom stereocenters. The van der Waals surface area contributed by atoms with Crippen molar-refractivity contribution in [3.8, 4) is 17.3 Å². The van der Waals surface area contributed by atoms with E-state index in [0.717, 1.165) is 11.3 Å². The first-order valence-electron chi connectivity index (χ1n) is 6.13. The van der Waals surface area contributed by atoms with Crippen LogP contribution < -0.4 is 10.5 Å². The number of nitrogens with zero attached hydrogens (tertiary/aromatic N) is 2. The maximum absolute atomic E-state index is 6.19. The van der Waals surface area contributed by atoms with Gasteiger partial charge in [-0.25, -0.2) is 4.98 Å². The molecule has 0 aliphatic carbocycles. The molecule has 0 radical (unpaired) electrons. The van der Waals surface area contributed by atoms with Gasteiger partial charge < -0.3 is 14.9 Å². The van der Waals surface area contributed by atoms with E-state index in [0.29, 0.717) is 17.4 Å². The van der Waals surface area contributed by atoms with Gasteiger partial charge in [0.2, 0.25) is 5.82 Å². The smallest absolute Gasteiger partial charge is 0.216 e. The number of hydrogen-bond donors (Lipinski definition) is 2. The van der Waals surface area contributed by atoms with Crippen molar-refractivity contribution < 1.29 is 9.15 Å². The van der Waals surface area contributed by atoms with Crippen LogP contribution in [0.25, 0.3) is 11.6 Å². The summed E-state index contributed by atoms with van der Waals surface area (Å²) >= 11 is 0. The Morgan fingerprint density at radius 1 is 1.30 bits per heavy atom. The van der Waals surface area contributed by atoms with Crippen molar-refractivity contribution in [3.05, 3.63) is 54.0 Å². The largest absolute Gasteiger partial charge is 0.497 e. The third kappa shape index (κ3) is 2.28. The first-order valence-corrected chi connectivity index (χ1v) is 6.13. The molecule has 20 heavy (non-hydrogen) atoms. The second-order valence-corrected chi connectivity index (χ2v) is 4.28. The highest BCUT2D eigenvalue weighted by Crippen LogP contribution is 2.23. The lowest BCUT2D eigenvalue weighted by atomic mass is 10.1. The van der Waals surface area contributed by atoms with Crippen molar-refractivity contribution in [2.75, 3.05) is 7.11 Å². The molecule has 3 rings (SSSR count). The molecule has 0 fully saturated rings. The summed E-state index contributed by atoms with van der Waals surface area (Å²) in [7, 11) is 1.62. The van der Waals surface area contributed by atoms with Crippen LogP contribution in [0.4, 0.5) is 0 Å². The number of benzene rings is 1. The van der Waals surface area contributed by atoms with E-state index >= 15 is 0 Å². The minimum Gasteiger partial charge on any atom is -0.497 e. The van der Waals surface area contributed by atoms with E-state index in [1.165, 1.54) is 0 Å². The van der Waals surface area contributed by atoms with E-state index in [9.17, 15) is 0 Å². The average molecular weight is 270 g/mol. The molecule has 0 saturated carbocycles. The number of methoxy groups -OCH3 is 1. The highest BCUT2D eigenvalue weighted by molar-refractivity contribution is 5.45. The van der Waals surface area contributed by atoms with Crippen LogP contribution in [0.3, 0.4) is 0 Å². The van der Waals surface area contributed by atoms with Gasteiger partial charge in [0.25, 0.3) is 0 Å². The zero-order chi connectivity index (χ0) is 13.9. The molecule has 6 nitrogen and oxygen atoms in total. The lowest BCUT2D eigenvalue weighted by molar-refractivity contribution is 0.414. The minimum atomic E-state index is -0.402. The fraction of sp³-hybridized carbons (Fsp3) is 0.143. The Bertz CT molecular complexity index is 691. The van der Waals surface area contributed by atoms with Crippen molar-refractivity contribution in [1.29, 1.82) is 0 Å². The molecule has 0 amide bonds. The number of furan rings is 1. The Morgan fingerprint density at radius 2 is 2.20 bits per heavy atom. The molecule has 2 heterocycles. The van der Waals surface area contributed by atoms with Crippen LogP contribution in [-0.4, -0.2) is 22.3 Å². The van der Waals surface area contributed by atoms with Gasteiger partial charge in [0, 0.05) is 0 Å². The summed E-state index contributed by atoms with van der Waals surface area (Å²) in [5.41, 5.74) is 7.08. The van der Waals surface area contributed by atoms with Crippen LogP contribution in [-0.2, 0) is 0 Å². The van der Waals surface area contributed by atoms with E-state index < -0.39 is 6.04 Å². The quantitative estimate of drug-likeness (QED) is 0.757. The van der Waals surface area contributed by atoms with Gasteiger partial charge in [0.1, 0.15) is 11.6 Å². The monoisotopic (exact) mass is 270 g/mol. The van der Waals surface area contributed by atoms with E-state index in [1.807, 2.05) is 24.3 Å². The second-order valence-electron chi connectivity index (χ2n) is 4.28. The summed E-state index contributed by atoms with van der Waals surface area (Å²) in [5, 5.41) is 6.95. The lowest BCUT2D eigenvalue weighted by Crippen LogP contribution is -2.13. The second kappa shape index (κ2) is 5.18. The first-order chi connectivity index (χ1) is 9.78. The average Bonchev–Trinajstić information content (AvgIpc) is 3.17. The number of nitrogens with one attached hydrogen (secondary N) is 1. The van der Waals surface area contributed by atoms with Gasteiger partial charge in [0.05, 0.1) is 19.4 Å². The van der Waals surface area contributed by atoms with Crippen LogP contribution in [0, 0.1) is 0 Å². The van der Waals surface area contributed by atoms with Crippen molar-refractivity contribution >= 4 is 0 Å². The van der Waals surface area contributed by atoms with Crippen LogP contribution in [0.5, 0.6) is 5.75 Å². The predicted molar refractivity (Wildman–Crippen MR) is 73.1 cm³/mol. The van der Waals surface area contributed by atoms with E-state index in [-0.39, 0.29) is 0 Å². The summed E-state index contributed by atoms with van der Waals surface area (Å²) < 4.78 is 10.4. The maximum atomic E-state index is 6.19. The lowest BCUT2D eigenvalue weighted by Gasteiger charge is -2.09. The Balaban J connectivity index is 1.88. The molecule has 0 bridgehead atoms. The van der Waals surface area contributed by atoms with Gasteiger partial charge in [-0.3, -0.25) is 5.10 Å². The Morgan fingerprint density at radius 3 is 2.95 bits per heavy atom. The molecule has 0 spiro atoms. The molecule has 2 aromatic heterocycles. The van der Waals surface area contributed by atoms with E-state index in [4.69, 9.17) is 14.9 Å². The summed E-state index contributed by atoms with van der Waals surface area (Å²) in [6.07, 6.45) is 1.58. The highest BCUT2D eigenvalue weighted by Gasteiger charge is 2.16. The number of hydrogen-bond acceptors (Lipinski definition) is 5. The van der Waals surface area contributed by atoms with Crippen molar-refractivity contribution in [2.24, 2.45) is 5.73 Å². The molecule has 3 N–H and O–H groups in total. The summed E-state index contributed by atoms with van der Waals surface area (Å²) in [5.74, 6) is 2.42. The molecule has 0 aliphatic rings. The number of ether oxygens (including phenoxy) is 1. The molecule has 0 saturated heterocycles. The van der Waals surface area contributed by atoms with Gasteiger partial charge in [-0.05, 0) is 29.8 Å². The molecular weight excluding hydrogens is 256 g/mol. The van der Waals surface area contributed by atoms with Gasteiger partial charge in [-0.2, -0.15) is 0 Å². The predicted octanol–water partition coefficient (Wildman–Crippen LogP) is 2.12. The first kappa shape index (κ1) is 12.4. The fourth-order valence-corrected chi connectivity index (χ4v) is 1.92. The third-order valence-corrected chi connectivity index (χ3v) is 2.99. The number of H-pyrrole nitrogens is 1. The van der Waals surface area contributed by atoms with Crippen molar-refractivity contribution in [2.45, 2.75) is 6.04 Å². The van der Waals surface area contributed by atoms with Crippen molar-refractivity contribution in [3.63, 3.8) is 0 Å². The topological polar surface area (TPSA) is 90.0 Å². The third-order valence-electron chi connectivity index (χ3n) is 2.99. The Labute approximate surface area is 115 Å². The molecule has 6 heteroatoms. The molecule has 0 aliphatic heterocycles. The summed E-state index contributed by atoms with van der Waals surface area (Å²) in [6.45, 7) is 0. The SMILES string of the molecule is COc1cccc(C(N)c2nc(-c3ccco3)n[nH]2)c1. The highest BCUT2D eigenvalue weighted by atomic mass is 16.5. The Kier molecular flexibility index (Phi) is 3.22. The van der Waals surface area contributed by atoms with Crippen molar-refractivity contribution in [1.82, 2.24) is 15.2 Å². The van der Waals surface area contributed by atoms with Gasteiger partial charge in [0.15, 0.2) is 5.76 Å².